The molecule has 9 rings (SSSR count). The number of hydrogen-bond acceptors (Lipinski definition) is 18. The molecule has 5 heterocycles. The highest BCUT2D eigenvalue weighted by molar-refractivity contribution is 6.76. The zero-order valence-corrected chi connectivity index (χ0v) is 58.7. The molecule has 3 fully saturated rings. The van der Waals surface area contributed by atoms with E-state index in [0.717, 1.165) is 54.2 Å². The largest absolute Gasteiger partial charge is 0.487 e. The molecule has 3 aliphatic rings. The molecule has 2 aromatic carbocycles. The van der Waals surface area contributed by atoms with Gasteiger partial charge in [0.05, 0.1) is 70.0 Å². The van der Waals surface area contributed by atoms with Crippen molar-refractivity contribution in [3.05, 3.63) is 114 Å². The Hall–Kier alpha value is -9.06. The Morgan fingerprint density at radius 2 is 1.56 bits per heavy atom. The second kappa shape index (κ2) is 33.9. The first-order chi connectivity index (χ1) is 46.9. The number of methoxy groups -OCH3 is 1. The third-order valence-electron chi connectivity index (χ3n) is 17.3. The number of nitrogens with zero attached hydrogens (tertiary/aromatic N) is 9. The Balaban J connectivity index is 0.631. The van der Waals surface area contributed by atoms with Crippen molar-refractivity contribution in [3.63, 3.8) is 0 Å². The summed E-state index contributed by atoms with van der Waals surface area (Å²) in [6.45, 7) is 19.7. The average molecular weight is 1370 g/mol. The first kappa shape index (κ1) is 73.2. The van der Waals surface area contributed by atoms with Crippen molar-refractivity contribution < 1.29 is 62.0 Å². The minimum absolute atomic E-state index is 0.0234. The first-order valence-corrected chi connectivity index (χ1v) is 37.4. The van der Waals surface area contributed by atoms with Crippen LogP contribution in [0.5, 0.6) is 17.4 Å². The van der Waals surface area contributed by atoms with Gasteiger partial charge in [0.15, 0.2) is 0 Å². The molecule has 7 amide bonds. The Morgan fingerprint density at radius 1 is 0.827 bits per heavy atom. The fourth-order valence-electron chi connectivity index (χ4n) is 11.5. The van der Waals surface area contributed by atoms with Gasteiger partial charge in [-0.3, -0.25) is 28.7 Å². The van der Waals surface area contributed by atoms with Crippen LogP contribution in [0.4, 0.5) is 10.5 Å². The van der Waals surface area contributed by atoms with Crippen molar-refractivity contribution >= 4 is 55.3 Å². The van der Waals surface area contributed by atoms with Gasteiger partial charge in [0.25, 0.3) is 11.8 Å². The summed E-state index contributed by atoms with van der Waals surface area (Å²) in [5.41, 5.74) is 11.2. The standard InChI is InChI=1S/C69H95N15O13Si/c1-44-60(45(2)84(79-44)43-95-32-33-98(7,8)9)46-18-21-51(22-19-46)75-66(89)62(61(47-14-15-47)48-16-17-48)77-65(88)57-25-28-74-83(57)29-11-27-71-58(85)40-82-37-52(78-80-82)42-94-31-30-93-41-50(63(70)86)36-73-68(91)81-38-55(39-81)96-53-12-10-13-54(34-53)97-59-23-20-49(35-72-59)64(87)76-56(67(90)92-6)24-26-69(3,4)5/h10,12-13,18-23,25,28,34-35,37,47-48,50,55-56,61-62H,11,14-17,24,26-27,29-33,36,38-43H2,1-9H3,(H2,70,86)(H,71,85)(H,73,91)(H,75,89)(H,76,87)(H,77,88)/t50?,56-,62-/m0/s1. The van der Waals surface area contributed by atoms with E-state index in [0.29, 0.717) is 99.2 Å². The number of primary amides is 1. The van der Waals surface area contributed by atoms with Crippen LogP contribution < -0.4 is 41.8 Å². The lowest BCUT2D eigenvalue weighted by Crippen LogP contribution is -2.59. The Kier molecular flexibility index (Phi) is 25.3. The van der Waals surface area contributed by atoms with Crippen LogP contribution in [0.3, 0.4) is 0 Å². The Morgan fingerprint density at radius 3 is 2.24 bits per heavy atom. The Bertz CT molecular complexity index is 3670. The van der Waals surface area contributed by atoms with Crippen LogP contribution in [-0.2, 0) is 64.6 Å². The van der Waals surface area contributed by atoms with Crippen molar-refractivity contribution in [2.24, 2.45) is 34.8 Å². The number of urea groups is 1. The predicted molar refractivity (Wildman–Crippen MR) is 365 cm³/mol. The molecule has 4 aromatic heterocycles. The summed E-state index contributed by atoms with van der Waals surface area (Å²) >= 11 is 0. The summed E-state index contributed by atoms with van der Waals surface area (Å²) in [7, 11) is 0.0746. The molecule has 28 nitrogen and oxygen atoms in total. The Labute approximate surface area is 572 Å². The summed E-state index contributed by atoms with van der Waals surface area (Å²) in [5, 5.41) is 31.9. The lowest BCUT2D eigenvalue weighted by molar-refractivity contribution is -0.143. The number of anilines is 1. The number of carbonyl (C=O) groups excluding carboxylic acids is 7. The smallest absolute Gasteiger partial charge is 0.328 e. The van der Waals surface area contributed by atoms with E-state index in [4.69, 9.17) is 39.3 Å². The molecule has 98 heavy (non-hydrogen) atoms. The van der Waals surface area contributed by atoms with Crippen LogP contribution in [0.25, 0.3) is 11.1 Å². The molecule has 2 aliphatic carbocycles. The van der Waals surface area contributed by atoms with Crippen molar-refractivity contribution in [1.82, 2.24) is 65.7 Å². The minimum Gasteiger partial charge on any atom is -0.487 e. The van der Waals surface area contributed by atoms with Gasteiger partial charge in [-0.15, -0.1) is 5.10 Å². The molecule has 7 N–H and O–H groups in total. The van der Waals surface area contributed by atoms with E-state index in [1.165, 1.54) is 22.9 Å². The van der Waals surface area contributed by atoms with E-state index in [-0.39, 0.29) is 86.1 Å². The summed E-state index contributed by atoms with van der Waals surface area (Å²) in [6.07, 6.45) is 9.92. The monoisotopic (exact) mass is 1370 g/mol. The zero-order chi connectivity index (χ0) is 70.1. The van der Waals surface area contributed by atoms with Crippen LogP contribution in [0.1, 0.15) is 104 Å². The minimum atomic E-state index is -1.21. The fraction of sp³-hybridized carbons (Fsp3) is 0.536. The van der Waals surface area contributed by atoms with Gasteiger partial charge in [-0.05, 0) is 130 Å². The van der Waals surface area contributed by atoms with Crippen molar-refractivity contribution in [3.8, 4) is 28.5 Å². The van der Waals surface area contributed by atoms with E-state index in [9.17, 15) is 33.6 Å². The highest BCUT2D eigenvalue weighted by Gasteiger charge is 2.48. The first-order valence-electron chi connectivity index (χ1n) is 33.6. The number of pyridine rings is 1. The number of rotatable bonds is 38. The number of nitrogens with two attached hydrogens (primary N) is 1. The van der Waals surface area contributed by atoms with Crippen LogP contribution in [0, 0.1) is 42.9 Å². The molecule has 0 spiro atoms. The highest BCUT2D eigenvalue weighted by atomic mass is 28.3. The van der Waals surface area contributed by atoms with Gasteiger partial charge in [0.1, 0.15) is 54.4 Å². The third kappa shape index (κ3) is 22.0. The predicted octanol–water partition coefficient (Wildman–Crippen LogP) is 7.04. The molecular formula is C69H95N15O13Si. The summed E-state index contributed by atoms with van der Waals surface area (Å²) in [4.78, 5) is 97.7. The highest BCUT2D eigenvalue weighted by Crippen LogP contribution is 2.51. The van der Waals surface area contributed by atoms with Crippen LogP contribution in [0.15, 0.2) is 85.3 Å². The van der Waals surface area contributed by atoms with E-state index in [1.807, 2.05) is 42.8 Å². The van der Waals surface area contributed by atoms with Crippen LogP contribution in [-0.4, -0.2) is 172 Å². The number of ether oxygens (including phenoxy) is 6. The molecule has 29 heteroatoms. The molecule has 6 aromatic rings. The maximum atomic E-state index is 14.3. The number of carbonyl (C=O) groups is 7. The summed E-state index contributed by atoms with van der Waals surface area (Å²) in [6, 6.07) is 18.6. The molecule has 0 radical (unpaired) electrons. The number of aromatic nitrogens is 8. The lowest BCUT2D eigenvalue weighted by atomic mass is 9.88. The van der Waals surface area contributed by atoms with Gasteiger partial charge in [-0.25, -0.2) is 23.9 Å². The number of esters is 1. The molecule has 0 bridgehead atoms. The molecule has 3 atom stereocenters. The zero-order valence-electron chi connectivity index (χ0n) is 57.7. The van der Waals surface area contributed by atoms with Gasteiger partial charge < -0.3 is 65.6 Å². The van der Waals surface area contributed by atoms with E-state index in [1.54, 1.807) is 59.5 Å². The molecule has 528 valence electrons. The molecule has 1 aliphatic heterocycles. The van der Waals surface area contributed by atoms with Gasteiger partial charge >= 0.3 is 12.0 Å². The molecule has 2 saturated carbocycles. The lowest BCUT2D eigenvalue weighted by Gasteiger charge is -2.39. The molecular weight excluding hydrogens is 1270 g/mol. The third-order valence-corrected chi connectivity index (χ3v) is 19.0. The van der Waals surface area contributed by atoms with Crippen LogP contribution in [0.2, 0.25) is 25.7 Å². The topological polar surface area (TPSA) is 344 Å². The van der Waals surface area contributed by atoms with Gasteiger partial charge in [-0.1, -0.05) is 63.8 Å². The average Bonchev–Trinajstić information content (AvgIpc) is 1.62. The van der Waals surface area contributed by atoms with Gasteiger partial charge in [0.2, 0.25) is 23.6 Å². The van der Waals surface area contributed by atoms with E-state index < -0.39 is 49.9 Å². The number of likely N-dealkylation sites (tertiary alicyclic amines) is 1. The number of nitrogens with one attached hydrogen (secondary N) is 5. The quantitative estimate of drug-likeness (QED) is 0.0129. The molecule has 1 saturated heterocycles. The number of hydrogen-bond donors (Lipinski definition) is 6. The maximum Gasteiger partial charge on any atom is 0.328 e. The normalized spacial score (nSPS) is 15.0. The number of amides is 7. The van der Waals surface area contributed by atoms with Gasteiger partial charge in [0, 0.05) is 75.8 Å². The number of benzene rings is 2. The van der Waals surface area contributed by atoms with Crippen molar-refractivity contribution in [1.29, 1.82) is 0 Å². The second-order valence-corrected chi connectivity index (χ2v) is 33.5. The van der Waals surface area contributed by atoms with Gasteiger partial charge in [-0.2, -0.15) is 10.2 Å². The van der Waals surface area contributed by atoms with Crippen LogP contribution >= 0.6 is 0 Å². The maximum absolute atomic E-state index is 14.3. The molecule has 1 unspecified atom stereocenters. The van der Waals surface area contributed by atoms with E-state index >= 15 is 0 Å². The summed E-state index contributed by atoms with van der Waals surface area (Å²) in [5.74, 6) is -1.43. The van der Waals surface area contributed by atoms with E-state index in [2.05, 4.69) is 87.4 Å². The van der Waals surface area contributed by atoms with Crippen molar-refractivity contribution in [2.75, 3.05) is 65.0 Å². The number of aryl methyl sites for hydroxylation is 2. The SMILES string of the molecule is COC(=O)[C@H](CCC(C)(C)C)NC(=O)c1ccc(Oc2cccc(OC3CN(C(=O)NCC(COCCOCc4cn(CC(=O)NCCCn5nccc5C(=O)N[C@H](C(=O)Nc5ccc(-c6c(C)nn(COCC[Si](C)(C)C)c6C)cc5)C(C5CC5)C5CC5)nn4)C(N)=O)C3)c2)nc1. The summed E-state index contributed by atoms with van der Waals surface area (Å²) < 4.78 is 39.1. The fourth-order valence-corrected chi connectivity index (χ4v) is 12.2. The van der Waals surface area contributed by atoms with Crippen molar-refractivity contribution in [2.45, 2.75) is 150 Å². The second-order valence-electron chi connectivity index (χ2n) is 27.9.